The van der Waals surface area contributed by atoms with Crippen LogP contribution >= 0.6 is 0 Å². The van der Waals surface area contributed by atoms with Crippen molar-refractivity contribution in [2.45, 2.75) is 6.61 Å². The highest BCUT2D eigenvalue weighted by Crippen LogP contribution is 2.32. The highest BCUT2D eigenvalue weighted by Gasteiger charge is 2.20. The maximum Gasteiger partial charge on any atom is 0.387 e. The summed E-state index contributed by atoms with van der Waals surface area (Å²) in [6.07, 6.45) is 0. The molecule has 9 heteroatoms. The molecule has 0 aliphatic carbocycles. The quantitative estimate of drug-likeness (QED) is 0.894. The van der Waals surface area contributed by atoms with Gasteiger partial charge in [-0.1, -0.05) is 6.07 Å². The molecule has 21 heavy (non-hydrogen) atoms. The van der Waals surface area contributed by atoms with Crippen LogP contribution in [0.25, 0.3) is 11.3 Å². The molecular formula is C12H8F3N5O. The highest BCUT2D eigenvalue weighted by molar-refractivity contribution is 5.74. The SMILES string of the molecule is N#Cc1c(N)nc(N)nc1-c1cccc(OC(F)F)c1F. The molecular weight excluding hydrogens is 287 g/mol. The maximum atomic E-state index is 14.2. The van der Waals surface area contributed by atoms with Gasteiger partial charge in [0.15, 0.2) is 11.6 Å². The molecule has 108 valence electrons. The predicted octanol–water partition coefficient (Wildman–Crippen LogP) is 1.92. The Hall–Kier alpha value is -3.02. The molecule has 1 heterocycles. The topological polar surface area (TPSA) is 111 Å². The number of hydrogen-bond donors (Lipinski definition) is 2. The van der Waals surface area contributed by atoms with E-state index in [4.69, 9.17) is 16.7 Å². The number of nitrogen functional groups attached to an aromatic ring is 2. The zero-order chi connectivity index (χ0) is 15.6. The first-order chi connectivity index (χ1) is 9.93. The Labute approximate surface area is 116 Å². The van der Waals surface area contributed by atoms with Crippen LogP contribution in [0, 0.1) is 17.1 Å². The molecule has 0 fully saturated rings. The van der Waals surface area contributed by atoms with E-state index in [9.17, 15) is 13.2 Å². The number of benzene rings is 1. The third-order valence-corrected chi connectivity index (χ3v) is 2.50. The molecule has 0 bridgehead atoms. The summed E-state index contributed by atoms with van der Waals surface area (Å²) in [5.74, 6) is -2.30. The van der Waals surface area contributed by atoms with Gasteiger partial charge in [0, 0.05) is 5.56 Å². The smallest absolute Gasteiger partial charge is 0.387 e. The number of hydrogen-bond acceptors (Lipinski definition) is 6. The van der Waals surface area contributed by atoms with Crippen molar-refractivity contribution in [3.63, 3.8) is 0 Å². The second-order valence-electron chi connectivity index (χ2n) is 3.80. The molecule has 1 aromatic heterocycles. The summed E-state index contributed by atoms with van der Waals surface area (Å²) < 4.78 is 42.6. The first-order valence-corrected chi connectivity index (χ1v) is 5.50. The summed E-state index contributed by atoms with van der Waals surface area (Å²) >= 11 is 0. The van der Waals surface area contributed by atoms with Crippen LogP contribution in [0.5, 0.6) is 5.75 Å². The second-order valence-corrected chi connectivity index (χ2v) is 3.80. The summed E-state index contributed by atoms with van der Waals surface area (Å²) in [5, 5.41) is 9.03. The lowest BCUT2D eigenvalue weighted by atomic mass is 10.1. The predicted molar refractivity (Wildman–Crippen MR) is 67.6 cm³/mol. The Balaban J connectivity index is 2.66. The van der Waals surface area contributed by atoms with Crippen molar-refractivity contribution in [1.29, 1.82) is 5.26 Å². The molecule has 0 radical (unpaired) electrons. The van der Waals surface area contributed by atoms with Crippen LogP contribution in [-0.2, 0) is 0 Å². The lowest BCUT2D eigenvalue weighted by Crippen LogP contribution is -2.07. The van der Waals surface area contributed by atoms with Crippen molar-refractivity contribution in [1.82, 2.24) is 9.97 Å². The number of aromatic nitrogens is 2. The number of nitrogens with two attached hydrogens (primary N) is 2. The lowest BCUT2D eigenvalue weighted by molar-refractivity contribution is -0.0521. The van der Waals surface area contributed by atoms with Gasteiger partial charge < -0.3 is 16.2 Å². The van der Waals surface area contributed by atoms with E-state index in [0.717, 1.165) is 6.07 Å². The number of anilines is 2. The van der Waals surface area contributed by atoms with E-state index in [1.54, 1.807) is 6.07 Å². The Morgan fingerprint density at radius 1 is 1.24 bits per heavy atom. The molecule has 0 saturated heterocycles. The third-order valence-electron chi connectivity index (χ3n) is 2.50. The molecule has 2 rings (SSSR count). The molecule has 0 spiro atoms. The van der Waals surface area contributed by atoms with Crippen molar-refractivity contribution in [3.8, 4) is 23.1 Å². The van der Waals surface area contributed by atoms with Crippen LogP contribution in [0.1, 0.15) is 5.56 Å². The minimum atomic E-state index is -3.19. The number of halogens is 3. The summed E-state index contributed by atoms with van der Waals surface area (Å²) in [7, 11) is 0. The summed E-state index contributed by atoms with van der Waals surface area (Å²) in [5.41, 5.74) is 10.3. The monoisotopic (exact) mass is 295 g/mol. The van der Waals surface area contributed by atoms with Crippen LogP contribution in [0.4, 0.5) is 24.9 Å². The van der Waals surface area contributed by atoms with Gasteiger partial charge in [0.2, 0.25) is 5.95 Å². The highest BCUT2D eigenvalue weighted by atomic mass is 19.3. The standard InChI is InChI=1S/C12H8F3N5O/c13-8-5(2-1-3-7(8)21-11(14)15)9-6(4-16)10(17)20-12(18)19-9/h1-3,11H,(H4,17,18,19,20). The lowest BCUT2D eigenvalue weighted by Gasteiger charge is -2.11. The molecule has 0 amide bonds. The van der Waals surface area contributed by atoms with Crippen molar-refractivity contribution in [2.24, 2.45) is 0 Å². The molecule has 2 aromatic rings. The number of rotatable bonds is 3. The molecule has 0 saturated carbocycles. The van der Waals surface area contributed by atoms with Crippen LogP contribution in [0.15, 0.2) is 18.2 Å². The van der Waals surface area contributed by atoms with Gasteiger partial charge in [0.1, 0.15) is 17.5 Å². The second kappa shape index (κ2) is 5.54. The van der Waals surface area contributed by atoms with E-state index in [-0.39, 0.29) is 28.6 Å². The third kappa shape index (κ3) is 2.79. The van der Waals surface area contributed by atoms with E-state index >= 15 is 0 Å². The van der Waals surface area contributed by atoms with E-state index in [0.29, 0.717) is 0 Å². The number of nitriles is 1. The summed E-state index contributed by atoms with van der Waals surface area (Å²) in [6.45, 7) is -3.19. The van der Waals surface area contributed by atoms with Gasteiger partial charge in [0.25, 0.3) is 0 Å². The van der Waals surface area contributed by atoms with Crippen molar-refractivity contribution in [3.05, 3.63) is 29.6 Å². The van der Waals surface area contributed by atoms with Crippen molar-refractivity contribution >= 4 is 11.8 Å². The molecule has 0 atom stereocenters. The van der Waals surface area contributed by atoms with Gasteiger partial charge in [-0.15, -0.1) is 0 Å². The van der Waals surface area contributed by atoms with Gasteiger partial charge in [-0.25, -0.2) is 9.37 Å². The van der Waals surface area contributed by atoms with Crippen molar-refractivity contribution < 1.29 is 17.9 Å². The molecule has 0 aliphatic heterocycles. The van der Waals surface area contributed by atoms with Crippen LogP contribution in [0.3, 0.4) is 0 Å². The first kappa shape index (κ1) is 14.4. The molecule has 0 unspecified atom stereocenters. The molecule has 6 nitrogen and oxygen atoms in total. The number of nitrogens with zero attached hydrogens (tertiary/aromatic N) is 3. The van der Waals surface area contributed by atoms with Gasteiger partial charge in [0.05, 0.1) is 5.69 Å². The van der Waals surface area contributed by atoms with Crippen LogP contribution in [-0.4, -0.2) is 16.6 Å². The van der Waals surface area contributed by atoms with E-state index in [1.807, 2.05) is 0 Å². The Morgan fingerprint density at radius 2 is 1.95 bits per heavy atom. The zero-order valence-electron chi connectivity index (χ0n) is 10.3. The number of alkyl halides is 2. The largest absolute Gasteiger partial charge is 0.432 e. The van der Waals surface area contributed by atoms with E-state index < -0.39 is 18.2 Å². The van der Waals surface area contributed by atoms with Crippen LogP contribution < -0.4 is 16.2 Å². The van der Waals surface area contributed by atoms with Gasteiger partial charge >= 0.3 is 6.61 Å². The fraction of sp³-hybridized carbons (Fsp3) is 0.0833. The van der Waals surface area contributed by atoms with Gasteiger partial charge in [-0.3, -0.25) is 0 Å². The fourth-order valence-corrected chi connectivity index (χ4v) is 1.68. The fourth-order valence-electron chi connectivity index (χ4n) is 1.68. The Bertz CT molecular complexity index is 730. The van der Waals surface area contributed by atoms with Gasteiger partial charge in [-0.2, -0.15) is 19.0 Å². The normalized spacial score (nSPS) is 10.4. The number of ether oxygens (including phenoxy) is 1. The van der Waals surface area contributed by atoms with Crippen molar-refractivity contribution in [2.75, 3.05) is 11.5 Å². The zero-order valence-corrected chi connectivity index (χ0v) is 10.3. The van der Waals surface area contributed by atoms with E-state index in [2.05, 4.69) is 14.7 Å². The summed E-state index contributed by atoms with van der Waals surface area (Å²) in [4.78, 5) is 7.32. The Morgan fingerprint density at radius 3 is 2.57 bits per heavy atom. The average Bonchev–Trinajstić information content (AvgIpc) is 2.40. The van der Waals surface area contributed by atoms with Gasteiger partial charge in [-0.05, 0) is 12.1 Å². The van der Waals surface area contributed by atoms with Crippen LogP contribution in [0.2, 0.25) is 0 Å². The Kier molecular flexibility index (Phi) is 3.80. The minimum absolute atomic E-state index is 0.195. The summed E-state index contributed by atoms with van der Waals surface area (Å²) in [6, 6.07) is 5.24. The first-order valence-electron chi connectivity index (χ1n) is 5.50. The maximum absolute atomic E-state index is 14.2. The van der Waals surface area contributed by atoms with E-state index in [1.165, 1.54) is 12.1 Å². The molecule has 0 aliphatic rings. The average molecular weight is 295 g/mol. The molecule has 4 N–H and O–H groups in total. The molecule has 1 aromatic carbocycles. The minimum Gasteiger partial charge on any atom is -0.432 e.